The molecular weight excluding hydrogens is 282 g/mol. The highest BCUT2D eigenvalue weighted by Gasteiger charge is 2.26. The van der Waals surface area contributed by atoms with Crippen LogP contribution in [0.1, 0.15) is 29.2 Å². The van der Waals surface area contributed by atoms with Crippen LogP contribution in [0.25, 0.3) is 0 Å². The Balaban J connectivity index is 1.44. The zero-order valence-corrected chi connectivity index (χ0v) is 12.1. The monoisotopic (exact) mass is 299 g/mol. The van der Waals surface area contributed by atoms with E-state index >= 15 is 0 Å². The predicted molar refractivity (Wildman–Crippen MR) is 79.0 cm³/mol. The van der Waals surface area contributed by atoms with Crippen molar-refractivity contribution < 1.29 is 14.3 Å². The van der Waals surface area contributed by atoms with Gasteiger partial charge in [-0.05, 0) is 37.1 Å². The smallest absolute Gasteiger partial charge is 0.253 e. The van der Waals surface area contributed by atoms with Crippen molar-refractivity contribution in [3.8, 4) is 11.5 Å². The summed E-state index contributed by atoms with van der Waals surface area (Å²) in [6.07, 6.45) is 5.64. The molecule has 0 spiro atoms. The molecule has 0 saturated carbocycles. The van der Waals surface area contributed by atoms with E-state index in [1.54, 1.807) is 24.4 Å². The fourth-order valence-electron chi connectivity index (χ4n) is 3.04. The highest BCUT2D eigenvalue weighted by molar-refractivity contribution is 5.95. The Morgan fingerprint density at radius 3 is 2.77 bits per heavy atom. The Morgan fingerprint density at radius 1 is 1.18 bits per heavy atom. The Hall–Kier alpha value is -2.50. The molecule has 2 aliphatic heterocycles. The number of piperidine rings is 1. The number of carbonyl (C=O) groups is 1. The number of fused-ring (bicyclic) bond motifs is 1. The van der Waals surface area contributed by atoms with Crippen molar-refractivity contribution in [2.75, 3.05) is 19.9 Å². The minimum Gasteiger partial charge on any atom is -0.454 e. The van der Waals surface area contributed by atoms with E-state index in [1.807, 2.05) is 21.8 Å². The molecule has 0 unspecified atom stereocenters. The van der Waals surface area contributed by atoms with Crippen molar-refractivity contribution >= 4 is 5.91 Å². The standard InChI is InChI=1S/C16H17N3O3/c20-16(12-2-3-14-15(10-12)22-11-21-14)18-8-4-13(5-9-18)19-7-1-6-17-19/h1-3,6-7,10,13H,4-5,8-9,11H2. The van der Waals surface area contributed by atoms with Gasteiger partial charge in [0.2, 0.25) is 6.79 Å². The Kier molecular flexibility index (Phi) is 3.21. The van der Waals surface area contributed by atoms with E-state index in [0.29, 0.717) is 23.1 Å². The summed E-state index contributed by atoms with van der Waals surface area (Å²) in [5.41, 5.74) is 0.654. The Labute approximate surface area is 128 Å². The van der Waals surface area contributed by atoms with Crippen LogP contribution >= 0.6 is 0 Å². The van der Waals surface area contributed by atoms with Crippen LogP contribution in [-0.4, -0.2) is 40.5 Å². The number of nitrogens with zero attached hydrogens (tertiary/aromatic N) is 3. The van der Waals surface area contributed by atoms with Gasteiger partial charge in [-0.1, -0.05) is 0 Å². The number of amides is 1. The first kappa shape index (κ1) is 13.2. The molecule has 1 aromatic heterocycles. The molecule has 6 nitrogen and oxygen atoms in total. The van der Waals surface area contributed by atoms with Crippen LogP contribution in [0.5, 0.6) is 11.5 Å². The molecule has 0 N–H and O–H groups in total. The molecule has 22 heavy (non-hydrogen) atoms. The fraction of sp³-hybridized carbons (Fsp3) is 0.375. The number of carbonyl (C=O) groups excluding carboxylic acids is 1. The van der Waals surface area contributed by atoms with Crippen molar-refractivity contribution in [2.45, 2.75) is 18.9 Å². The second-order valence-corrected chi connectivity index (χ2v) is 5.58. The summed E-state index contributed by atoms with van der Waals surface area (Å²) in [5, 5.41) is 4.29. The molecule has 0 atom stereocenters. The number of hydrogen-bond acceptors (Lipinski definition) is 4. The number of likely N-dealkylation sites (tertiary alicyclic amines) is 1. The number of hydrogen-bond donors (Lipinski definition) is 0. The molecule has 6 heteroatoms. The molecule has 2 aliphatic rings. The third-order valence-electron chi connectivity index (χ3n) is 4.27. The average Bonchev–Trinajstić information content (AvgIpc) is 3.25. The van der Waals surface area contributed by atoms with Crippen molar-refractivity contribution in [3.63, 3.8) is 0 Å². The molecule has 4 rings (SSSR count). The molecule has 1 fully saturated rings. The molecular formula is C16H17N3O3. The lowest BCUT2D eigenvalue weighted by Crippen LogP contribution is -2.39. The lowest BCUT2D eigenvalue weighted by molar-refractivity contribution is 0.0689. The van der Waals surface area contributed by atoms with Crippen LogP contribution in [0.3, 0.4) is 0 Å². The largest absolute Gasteiger partial charge is 0.454 e. The van der Waals surface area contributed by atoms with Crippen molar-refractivity contribution in [1.82, 2.24) is 14.7 Å². The molecule has 2 aromatic rings. The zero-order valence-electron chi connectivity index (χ0n) is 12.1. The summed E-state index contributed by atoms with van der Waals surface area (Å²) in [7, 11) is 0. The van der Waals surface area contributed by atoms with Gasteiger partial charge in [-0.2, -0.15) is 5.10 Å². The number of ether oxygens (including phenoxy) is 2. The van der Waals surface area contributed by atoms with Crippen molar-refractivity contribution in [2.24, 2.45) is 0 Å². The average molecular weight is 299 g/mol. The summed E-state index contributed by atoms with van der Waals surface area (Å²) in [5.74, 6) is 1.41. The van der Waals surface area contributed by atoms with Gasteiger partial charge in [0.15, 0.2) is 11.5 Å². The highest BCUT2D eigenvalue weighted by atomic mass is 16.7. The van der Waals surface area contributed by atoms with E-state index in [-0.39, 0.29) is 12.7 Å². The maximum Gasteiger partial charge on any atom is 0.253 e. The summed E-state index contributed by atoms with van der Waals surface area (Å²) in [4.78, 5) is 14.5. The van der Waals surface area contributed by atoms with Gasteiger partial charge in [0.05, 0.1) is 6.04 Å². The molecule has 1 saturated heterocycles. The number of rotatable bonds is 2. The second-order valence-electron chi connectivity index (χ2n) is 5.58. The summed E-state index contributed by atoms with van der Waals surface area (Å²) in [6, 6.07) is 7.69. The lowest BCUT2D eigenvalue weighted by atomic mass is 10.0. The van der Waals surface area contributed by atoms with Gasteiger partial charge in [-0.15, -0.1) is 0 Å². The first-order valence-electron chi connectivity index (χ1n) is 7.49. The van der Waals surface area contributed by atoms with Gasteiger partial charge in [-0.25, -0.2) is 0 Å². The first-order valence-corrected chi connectivity index (χ1v) is 7.49. The normalized spacial score (nSPS) is 17.7. The lowest BCUT2D eigenvalue weighted by Gasteiger charge is -2.32. The third-order valence-corrected chi connectivity index (χ3v) is 4.27. The van der Waals surface area contributed by atoms with E-state index in [2.05, 4.69) is 5.10 Å². The fourth-order valence-corrected chi connectivity index (χ4v) is 3.04. The maximum atomic E-state index is 12.6. The zero-order chi connectivity index (χ0) is 14.9. The van der Waals surface area contributed by atoms with Crippen molar-refractivity contribution in [3.05, 3.63) is 42.2 Å². The maximum absolute atomic E-state index is 12.6. The summed E-state index contributed by atoms with van der Waals surface area (Å²) >= 11 is 0. The van der Waals surface area contributed by atoms with Crippen LogP contribution < -0.4 is 9.47 Å². The van der Waals surface area contributed by atoms with Crippen LogP contribution in [0.2, 0.25) is 0 Å². The molecule has 114 valence electrons. The number of benzene rings is 1. The molecule has 0 bridgehead atoms. The van der Waals surface area contributed by atoms with Gasteiger partial charge < -0.3 is 14.4 Å². The van der Waals surface area contributed by atoms with Crippen LogP contribution in [0.15, 0.2) is 36.7 Å². The highest BCUT2D eigenvalue weighted by Crippen LogP contribution is 2.33. The van der Waals surface area contributed by atoms with Gasteiger partial charge in [-0.3, -0.25) is 9.48 Å². The van der Waals surface area contributed by atoms with Gasteiger partial charge in [0.25, 0.3) is 5.91 Å². The van der Waals surface area contributed by atoms with Gasteiger partial charge >= 0.3 is 0 Å². The van der Waals surface area contributed by atoms with E-state index < -0.39 is 0 Å². The topological polar surface area (TPSA) is 56.6 Å². The first-order chi connectivity index (χ1) is 10.8. The number of aromatic nitrogens is 2. The van der Waals surface area contributed by atoms with Gasteiger partial charge in [0, 0.05) is 31.0 Å². The quantitative estimate of drug-likeness (QED) is 0.852. The van der Waals surface area contributed by atoms with E-state index in [1.165, 1.54) is 0 Å². The van der Waals surface area contributed by atoms with Crippen molar-refractivity contribution in [1.29, 1.82) is 0 Å². The molecule has 0 aliphatic carbocycles. The van der Waals surface area contributed by atoms with Gasteiger partial charge in [0.1, 0.15) is 0 Å². The molecule has 3 heterocycles. The minimum absolute atomic E-state index is 0.0530. The molecule has 1 amide bonds. The Morgan fingerprint density at radius 2 is 2.00 bits per heavy atom. The van der Waals surface area contributed by atoms with Crippen LogP contribution in [0, 0.1) is 0 Å². The van der Waals surface area contributed by atoms with E-state index in [9.17, 15) is 4.79 Å². The summed E-state index contributed by atoms with van der Waals surface area (Å²) in [6.45, 7) is 1.72. The predicted octanol–water partition coefficient (Wildman–Crippen LogP) is 2.09. The van der Waals surface area contributed by atoms with Crippen LogP contribution in [-0.2, 0) is 0 Å². The third kappa shape index (κ3) is 2.30. The molecule has 1 aromatic carbocycles. The minimum atomic E-state index is 0.0530. The Bertz CT molecular complexity index is 676. The second kappa shape index (κ2) is 5.36. The van der Waals surface area contributed by atoms with E-state index in [4.69, 9.17) is 9.47 Å². The summed E-state index contributed by atoms with van der Waals surface area (Å²) < 4.78 is 12.6. The molecule has 0 radical (unpaired) electrons. The van der Waals surface area contributed by atoms with E-state index in [0.717, 1.165) is 25.9 Å². The van der Waals surface area contributed by atoms with Crippen LogP contribution in [0.4, 0.5) is 0 Å². The SMILES string of the molecule is O=C(c1ccc2c(c1)OCO2)N1CCC(n2cccn2)CC1.